The second-order valence-electron chi connectivity index (χ2n) is 2.59. The van der Waals surface area contributed by atoms with Gasteiger partial charge in [0.15, 0.2) is 5.60 Å². The second kappa shape index (κ2) is 2.34. The van der Waals surface area contributed by atoms with Crippen molar-refractivity contribution in [3.63, 3.8) is 0 Å². The molecule has 1 aliphatic rings. The fourth-order valence-corrected chi connectivity index (χ4v) is 1.05. The number of terminal acetylenes is 1. The smallest absolute Gasteiger partial charge is 0.304 e. The van der Waals surface area contributed by atoms with E-state index in [0.717, 1.165) is 19.3 Å². The zero-order valence-electron chi connectivity index (χ0n) is 6.02. The molecule has 0 amide bonds. The van der Waals surface area contributed by atoms with Crippen LogP contribution in [0, 0.1) is 12.3 Å². The SMILES string of the molecule is C#CC1(OC(C)=O)CCC1. The van der Waals surface area contributed by atoms with Crippen LogP contribution in [0.4, 0.5) is 0 Å². The van der Waals surface area contributed by atoms with E-state index in [0.29, 0.717) is 0 Å². The molecule has 2 heteroatoms. The summed E-state index contributed by atoms with van der Waals surface area (Å²) in [4.78, 5) is 10.5. The fourth-order valence-electron chi connectivity index (χ4n) is 1.05. The van der Waals surface area contributed by atoms with E-state index in [2.05, 4.69) is 5.92 Å². The van der Waals surface area contributed by atoms with E-state index < -0.39 is 5.60 Å². The molecule has 0 spiro atoms. The molecular weight excluding hydrogens is 128 g/mol. The molecule has 0 heterocycles. The predicted octanol–water partition coefficient (Wildman–Crippen LogP) is 1.11. The molecule has 0 N–H and O–H groups in total. The number of rotatable bonds is 1. The Hall–Kier alpha value is -0.970. The maximum atomic E-state index is 10.5. The quantitative estimate of drug-likeness (QED) is 0.400. The number of carbonyl (C=O) groups excluding carboxylic acids is 1. The first-order valence-corrected chi connectivity index (χ1v) is 3.36. The molecule has 0 aromatic rings. The van der Waals surface area contributed by atoms with Gasteiger partial charge in [0.2, 0.25) is 0 Å². The second-order valence-corrected chi connectivity index (χ2v) is 2.59. The van der Waals surface area contributed by atoms with Crippen LogP contribution >= 0.6 is 0 Å². The van der Waals surface area contributed by atoms with E-state index in [1.165, 1.54) is 6.92 Å². The van der Waals surface area contributed by atoms with Gasteiger partial charge in [0.25, 0.3) is 0 Å². The lowest BCUT2D eigenvalue weighted by Crippen LogP contribution is -2.39. The largest absolute Gasteiger partial charge is 0.446 e. The van der Waals surface area contributed by atoms with E-state index in [-0.39, 0.29) is 5.97 Å². The third-order valence-corrected chi connectivity index (χ3v) is 1.76. The summed E-state index contributed by atoms with van der Waals surface area (Å²) in [5, 5.41) is 0. The van der Waals surface area contributed by atoms with Gasteiger partial charge in [-0.2, -0.15) is 0 Å². The Balaban J connectivity index is 2.51. The van der Waals surface area contributed by atoms with E-state index in [1.807, 2.05) is 0 Å². The van der Waals surface area contributed by atoms with E-state index in [1.54, 1.807) is 0 Å². The lowest BCUT2D eigenvalue weighted by molar-refractivity contribution is -0.157. The van der Waals surface area contributed by atoms with Crippen molar-refractivity contribution in [2.24, 2.45) is 0 Å². The Kier molecular flexibility index (Phi) is 1.67. The van der Waals surface area contributed by atoms with Crippen molar-refractivity contribution in [3.05, 3.63) is 0 Å². The maximum Gasteiger partial charge on any atom is 0.304 e. The molecule has 0 radical (unpaired) electrons. The number of hydrogen-bond donors (Lipinski definition) is 0. The zero-order chi connectivity index (χ0) is 7.61. The third kappa shape index (κ3) is 1.13. The molecule has 54 valence electrons. The monoisotopic (exact) mass is 138 g/mol. The Morgan fingerprint density at radius 1 is 1.70 bits per heavy atom. The van der Waals surface area contributed by atoms with Crippen LogP contribution in [0.3, 0.4) is 0 Å². The topological polar surface area (TPSA) is 26.3 Å². The van der Waals surface area contributed by atoms with Crippen LogP contribution in [-0.2, 0) is 9.53 Å². The van der Waals surface area contributed by atoms with Gasteiger partial charge in [-0.1, -0.05) is 5.92 Å². The molecule has 0 aromatic carbocycles. The van der Waals surface area contributed by atoms with Crippen LogP contribution in [0.2, 0.25) is 0 Å². The standard InChI is InChI=1S/C8H10O2/c1-3-8(5-4-6-8)10-7(2)9/h1H,4-6H2,2H3. The van der Waals surface area contributed by atoms with Crippen molar-refractivity contribution in [2.75, 3.05) is 0 Å². The summed E-state index contributed by atoms with van der Waals surface area (Å²) in [5.74, 6) is 2.22. The Morgan fingerprint density at radius 2 is 2.30 bits per heavy atom. The van der Waals surface area contributed by atoms with Gasteiger partial charge in [0.05, 0.1) is 0 Å². The van der Waals surface area contributed by atoms with Gasteiger partial charge in [-0.3, -0.25) is 4.79 Å². The van der Waals surface area contributed by atoms with Crippen molar-refractivity contribution >= 4 is 5.97 Å². The highest BCUT2D eigenvalue weighted by Crippen LogP contribution is 2.34. The van der Waals surface area contributed by atoms with E-state index in [9.17, 15) is 4.79 Å². The van der Waals surface area contributed by atoms with Crippen LogP contribution in [0.5, 0.6) is 0 Å². The first-order valence-electron chi connectivity index (χ1n) is 3.36. The average molecular weight is 138 g/mol. The van der Waals surface area contributed by atoms with Crippen LogP contribution in [0.25, 0.3) is 0 Å². The first-order chi connectivity index (χ1) is 4.68. The van der Waals surface area contributed by atoms with Crippen molar-refractivity contribution in [1.82, 2.24) is 0 Å². The summed E-state index contributed by atoms with van der Waals surface area (Å²) in [6, 6.07) is 0. The molecule has 0 aromatic heterocycles. The summed E-state index contributed by atoms with van der Waals surface area (Å²) < 4.78 is 4.95. The van der Waals surface area contributed by atoms with Gasteiger partial charge < -0.3 is 4.74 Å². The van der Waals surface area contributed by atoms with Crippen LogP contribution in [-0.4, -0.2) is 11.6 Å². The molecule has 1 saturated carbocycles. The highest BCUT2D eigenvalue weighted by Gasteiger charge is 2.38. The highest BCUT2D eigenvalue weighted by molar-refractivity contribution is 5.67. The lowest BCUT2D eigenvalue weighted by atomic mass is 9.81. The Bertz CT molecular complexity index is 184. The molecule has 10 heavy (non-hydrogen) atoms. The highest BCUT2D eigenvalue weighted by atomic mass is 16.6. The molecule has 0 bridgehead atoms. The van der Waals surface area contributed by atoms with Crippen molar-refractivity contribution < 1.29 is 9.53 Å². The van der Waals surface area contributed by atoms with Crippen LogP contribution in [0.15, 0.2) is 0 Å². The molecule has 0 unspecified atom stereocenters. The van der Waals surface area contributed by atoms with Crippen molar-refractivity contribution in [3.8, 4) is 12.3 Å². The Morgan fingerprint density at radius 3 is 2.40 bits per heavy atom. The van der Waals surface area contributed by atoms with Gasteiger partial charge in [0.1, 0.15) is 0 Å². The maximum absolute atomic E-state index is 10.5. The number of ether oxygens (including phenoxy) is 1. The molecule has 2 nitrogen and oxygen atoms in total. The molecule has 1 aliphatic carbocycles. The fraction of sp³-hybridized carbons (Fsp3) is 0.625. The molecule has 0 saturated heterocycles. The van der Waals surface area contributed by atoms with E-state index in [4.69, 9.17) is 11.2 Å². The summed E-state index contributed by atoms with van der Waals surface area (Å²) >= 11 is 0. The minimum absolute atomic E-state index is 0.280. The zero-order valence-corrected chi connectivity index (χ0v) is 6.02. The lowest BCUT2D eigenvalue weighted by Gasteiger charge is -2.35. The summed E-state index contributed by atoms with van der Waals surface area (Å²) in [6.45, 7) is 1.39. The van der Waals surface area contributed by atoms with E-state index >= 15 is 0 Å². The van der Waals surface area contributed by atoms with Crippen LogP contribution in [0.1, 0.15) is 26.2 Å². The molecule has 0 aliphatic heterocycles. The molecule has 1 rings (SSSR count). The normalized spacial score (nSPS) is 20.4. The minimum atomic E-state index is -0.536. The molecule has 0 atom stereocenters. The molecule has 1 fully saturated rings. The third-order valence-electron chi connectivity index (χ3n) is 1.76. The summed E-state index contributed by atoms with van der Waals surface area (Å²) in [6.07, 6.45) is 7.90. The number of esters is 1. The van der Waals surface area contributed by atoms with Gasteiger partial charge in [-0.15, -0.1) is 6.42 Å². The Labute approximate surface area is 60.6 Å². The van der Waals surface area contributed by atoms with Crippen molar-refractivity contribution in [2.45, 2.75) is 31.8 Å². The van der Waals surface area contributed by atoms with Gasteiger partial charge >= 0.3 is 5.97 Å². The van der Waals surface area contributed by atoms with Crippen LogP contribution < -0.4 is 0 Å². The predicted molar refractivity (Wildman–Crippen MR) is 37.2 cm³/mol. The summed E-state index contributed by atoms with van der Waals surface area (Å²) in [7, 11) is 0. The number of carbonyl (C=O) groups is 1. The first kappa shape index (κ1) is 7.14. The minimum Gasteiger partial charge on any atom is -0.446 e. The average Bonchev–Trinajstić information content (AvgIpc) is 1.78. The van der Waals surface area contributed by atoms with Crippen molar-refractivity contribution in [1.29, 1.82) is 0 Å². The number of hydrogen-bond acceptors (Lipinski definition) is 2. The molecular formula is C8H10O2. The van der Waals surface area contributed by atoms with Gasteiger partial charge in [-0.25, -0.2) is 0 Å². The van der Waals surface area contributed by atoms with Gasteiger partial charge in [0, 0.05) is 6.92 Å². The summed E-state index contributed by atoms with van der Waals surface area (Å²) in [5.41, 5.74) is -0.536. The van der Waals surface area contributed by atoms with Gasteiger partial charge in [-0.05, 0) is 19.3 Å².